The fourth-order valence-electron chi connectivity index (χ4n) is 8.52. The Morgan fingerprint density at radius 3 is 1.81 bits per heavy atom. The number of phenolic OH excluding ortho intramolecular Hbond substituents is 2. The van der Waals surface area contributed by atoms with E-state index in [-0.39, 0.29) is 46.3 Å². The smallest absolute Gasteiger partial charge is 0.407 e. The monoisotopic (exact) mass is 846 g/mol. The Hall–Kier alpha value is -6.19. The molecule has 3 aliphatic heterocycles. The molecule has 6 aromatic rings. The first kappa shape index (κ1) is 42.5. The molecule has 5 N–H and O–H groups in total. The molecule has 0 saturated carbocycles. The lowest BCUT2D eigenvalue weighted by Crippen LogP contribution is -2.42. The van der Waals surface area contributed by atoms with Gasteiger partial charge in [0, 0.05) is 49.9 Å². The standard InChI is InChI=1S/C26H29FN4O4.C21H23FN4O/c1-16-7-8-19-21(12-16)29-24(23-20(27)5-2-6-22(23)32)30-25(19)31-10-3-4-17(14-31)13-28-26(33)35-18-9-11-34-15-18;1-13-7-8-15-17(10-13)24-20(19-16(22)5-2-6-18(19)27)25-21(15)26-9-3-4-14(11-23)12-26/h2,5-8,12,17-18,32H,3-4,9-11,13-15H2,1H3,(H,28,33);2,5-8,10,14,27H,3-4,9,11-12,23H2,1H3/t17-,18-;14-/m00/s1. The minimum atomic E-state index is -0.574. The van der Waals surface area contributed by atoms with Gasteiger partial charge in [0.15, 0.2) is 11.6 Å². The minimum Gasteiger partial charge on any atom is -0.507 e. The van der Waals surface area contributed by atoms with E-state index in [0.717, 1.165) is 85.0 Å². The quantitative estimate of drug-likeness (QED) is 0.117. The molecule has 5 heterocycles. The molecule has 4 aromatic carbocycles. The summed E-state index contributed by atoms with van der Waals surface area (Å²) in [7, 11) is 0. The maximum atomic E-state index is 14.7. The van der Waals surface area contributed by atoms with E-state index in [1.807, 2.05) is 50.2 Å². The number of aromatic nitrogens is 4. The predicted molar refractivity (Wildman–Crippen MR) is 235 cm³/mol. The van der Waals surface area contributed by atoms with Crippen LogP contribution in [0.4, 0.5) is 25.2 Å². The van der Waals surface area contributed by atoms with Crippen molar-refractivity contribution in [3.63, 3.8) is 0 Å². The summed E-state index contributed by atoms with van der Waals surface area (Å²) in [4.78, 5) is 35.1. The third kappa shape index (κ3) is 9.48. The molecule has 0 aliphatic carbocycles. The fraction of sp³-hybridized carbons (Fsp3) is 0.383. The first-order valence-corrected chi connectivity index (χ1v) is 21.3. The van der Waals surface area contributed by atoms with Crippen LogP contribution in [0, 0.1) is 37.3 Å². The number of anilines is 2. The van der Waals surface area contributed by atoms with Crippen molar-refractivity contribution in [1.82, 2.24) is 25.3 Å². The second kappa shape index (κ2) is 18.8. The van der Waals surface area contributed by atoms with Gasteiger partial charge in [-0.15, -0.1) is 0 Å². The Balaban J connectivity index is 0.000000176. The van der Waals surface area contributed by atoms with Crippen LogP contribution >= 0.6 is 0 Å². The molecule has 2 aromatic heterocycles. The Bertz CT molecular complexity index is 2530. The number of amides is 1. The molecule has 0 radical (unpaired) electrons. The normalized spacial score (nSPS) is 19.0. The van der Waals surface area contributed by atoms with Crippen LogP contribution in [0.15, 0.2) is 72.8 Å². The summed E-state index contributed by atoms with van der Waals surface area (Å²) < 4.78 is 39.7. The fourth-order valence-corrected chi connectivity index (χ4v) is 8.52. The van der Waals surface area contributed by atoms with Crippen LogP contribution in [0.1, 0.15) is 43.2 Å². The number of aromatic hydroxyl groups is 2. The van der Waals surface area contributed by atoms with Crippen LogP contribution < -0.4 is 20.9 Å². The number of phenols is 2. The number of carbonyl (C=O) groups is 1. The Kier molecular flexibility index (Phi) is 12.9. The number of nitrogens with two attached hydrogens (primary N) is 1. The van der Waals surface area contributed by atoms with Gasteiger partial charge in [0.25, 0.3) is 0 Å². The zero-order valence-corrected chi connectivity index (χ0v) is 35.0. The molecule has 0 bridgehead atoms. The van der Waals surface area contributed by atoms with Crippen LogP contribution in [0.2, 0.25) is 0 Å². The molecule has 3 atom stereocenters. The van der Waals surface area contributed by atoms with Gasteiger partial charge in [0.1, 0.15) is 40.9 Å². The number of aryl methyl sites for hydroxylation is 2. The van der Waals surface area contributed by atoms with Gasteiger partial charge in [-0.3, -0.25) is 0 Å². The summed E-state index contributed by atoms with van der Waals surface area (Å²) in [5, 5.41) is 25.2. The molecule has 3 fully saturated rings. The van der Waals surface area contributed by atoms with E-state index in [4.69, 9.17) is 20.2 Å². The van der Waals surface area contributed by atoms with E-state index in [1.165, 1.54) is 36.4 Å². The Labute approximate surface area is 358 Å². The summed E-state index contributed by atoms with van der Waals surface area (Å²) >= 11 is 0. The molecule has 0 unspecified atom stereocenters. The predicted octanol–water partition coefficient (Wildman–Crippen LogP) is 7.81. The molecule has 9 rings (SSSR count). The molecule has 3 aliphatic rings. The van der Waals surface area contributed by atoms with Crippen LogP contribution in [-0.2, 0) is 9.47 Å². The molecular weight excluding hydrogens is 795 g/mol. The number of hydrogen-bond donors (Lipinski definition) is 4. The van der Waals surface area contributed by atoms with E-state index in [9.17, 15) is 23.8 Å². The molecule has 324 valence electrons. The number of carbonyl (C=O) groups excluding carboxylic acids is 1. The van der Waals surface area contributed by atoms with Crippen LogP contribution in [-0.4, -0.2) is 94.8 Å². The van der Waals surface area contributed by atoms with Gasteiger partial charge in [-0.25, -0.2) is 33.5 Å². The molecular formula is C47H52F2N8O5. The molecule has 13 nitrogen and oxygen atoms in total. The van der Waals surface area contributed by atoms with Crippen molar-refractivity contribution in [3.05, 3.63) is 95.6 Å². The zero-order valence-electron chi connectivity index (χ0n) is 35.0. The van der Waals surface area contributed by atoms with E-state index in [1.54, 1.807) is 0 Å². The number of nitrogens with one attached hydrogen (secondary N) is 1. The molecule has 62 heavy (non-hydrogen) atoms. The highest BCUT2D eigenvalue weighted by atomic mass is 19.1. The van der Waals surface area contributed by atoms with Crippen LogP contribution in [0.25, 0.3) is 44.6 Å². The summed E-state index contributed by atoms with van der Waals surface area (Å²) in [6.45, 7) is 9.32. The third-order valence-corrected chi connectivity index (χ3v) is 11.8. The molecule has 1 amide bonds. The van der Waals surface area contributed by atoms with E-state index >= 15 is 0 Å². The van der Waals surface area contributed by atoms with Crippen LogP contribution in [0.5, 0.6) is 11.5 Å². The Morgan fingerprint density at radius 2 is 1.31 bits per heavy atom. The van der Waals surface area contributed by atoms with Crippen molar-refractivity contribution >= 4 is 39.5 Å². The number of rotatable bonds is 8. The van der Waals surface area contributed by atoms with Gasteiger partial charge in [0.2, 0.25) is 0 Å². The minimum absolute atomic E-state index is 0.00831. The van der Waals surface area contributed by atoms with E-state index in [0.29, 0.717) is 50.1 Å². The first-order chi connectivity index (χ1) is 30.0. The number of benzene rings is 4. The second-order valence-electron chi connectivity index (χ2n) is 16.5. The lowest BCUT2D eigenvalue weighted by molar-refractivity contribution is 0.0821. The summed E-state index contributed by atoms with van der Waals surface area (Å²) in [6.07, 6.45) is 4.17. The number of ether oxygens (including phenoxy) is 2. The van der Waals surface area contributed by atoms with Gasteiger partial charge in [-0.1, -0.05) is 24.3 Å². The van der Waals surface area contributed by atoms with Crippen molar-refractivity contribution in [2.75, 3.05) is 62.3 Å². The maximum Gasteiger partial charge on any atom is 0.407 e. The van der Waals surface area contributed by atoms with Gasteiger partial charge in [-0.05, 0) is 118 Å². The number of halogens is 2. The van der Waals surface area contributed by atoms with Gasteiger partial charge >= 0.3 is 6.09 Å². The highest BCUT2D eigenvalue weighted by Gasteiger charge is 2.27. The lowest BCUT2D eigenvalue weighted by Gasteiger charge is -2.34. The second-order valence-corrected chi connectivity index (χ2v) is 16.5. The van der Waals surface area contributed by atoms with Crippen LogP contribution in [0.3, 0.4) is 0 Å². The summed E-state index contributed by atoms with van der Waals surface area (Å²) in [6, 6.07) is 20.3. The summed E-state index contributed by atoms with van der Waals surface area (Å²) in [5.74, 6) is 0.975. The van der Waals surface area contributed by atoms with Crippen molar-refractivity contribution in [2.24, 2.45) is 17.6 Å². The number of fused-ring (bicyclic) bond motifs is 2. The van der Waals surface area contributed by atoms with E-state index in [2.05, 4.69) is 30.1 Å². The highest BCUT2D eigenvalue weighted by Crippen LogP contribution is 2.37. The highest BCUT2D eigenvalue weighted by molar-refractivity contribution is 5.93. The van der Waals surface area contributed by atoms with Crippen molar-refractivity contribution in [1.29, 1.82) is 0 Å². The number of alkyl carbamates (subject to hydrolysis) is 1. The van der Waals surface area contributed by atoms with Crippen molar-refractivity contribution in [2.45, 2.75) is 52.1 Å². The molecule has 0 spiro atoms. The van der Waals surface area contributed by atoms with Gasteiger partial charge in [-0.2, -0.15) is 0 Å². The van der Waals surface area contributed by atoms with Crippen molar-refractivity contribution < 1.29 is 33.3 Å². The topological polar surface area (TPSA) is 172 Å². The van der Waals surface area contributed by atoms with Gasteiger partial charge < -0.3 is 40.5 Å². The number of nitrogens with zero attached hydrogens (tertiary/aromatic N) is 6. The maximum absolute atomic E-state index is 14.7. The Morgan fingerprint density at radius 1 is 0.774 bits per heavy atom. The lowest BCUT2D eigenvalue weighted by atomic mass is 9.97. The number of hydrogen-bond acceptors (Lipinski definition) is 12. The summed E-state index contributed by atoms with van der Waals surface area (Å²) in [5.41, 5.74) is 9.45. The van der Waals surface area contributed by atoms with Gasteiger partial charge in [0.05, 0.1) is 35.4 Å². The number of piperidine rings is 2. The molecule has 15 heteroatoms. The average Bonchev–Trinajstić information content (AvgIpc) is 3.78. The first-order valence-electron chi connectivity index (χ1n) is 21.3. The average molecular weight is 847 g/mol. The largest absolute Gasteiger partial charge is 0.507 e. The third-order valence-electron chi connectivity index (χ3n) is 11.8. The zero-order chi connectivity index (χ0) is 43.3. The van der Waals surface area contributed by atoms with E-state index < -0.39 is 17.7 Å². The molecule has 3 saturated heterocycles. The van der Waals surface area contributed by atoms with Crippen molar-refractivity contribution in [3.8, 4) is 34.3 Å². The SMILES string of the molecule is Cc1ccc2c(N3CCC[C@@H](CN)C3)nc(-c3c(O)cccc3F)nc2c1.Cc1ccc2c(N3CCC[C@@H](CNC(=O)O[C@H]4CCOC4)C3)nc(-c3c(O)cccc3F)nc2c1.